The van der Waals surface area contributed by atoms with E-state index in [1.807, 2.05) is 0 Å². The van der Waals surface area contributed by atoms with Gasteiger partial charge in [0, 0.05) is 7.05 Å². The van der Waals surface area contributed by atoms with Crippen molar-refractivity contribution in [3.8, 4) is 5.69 Å². The van der Waals surface area contributed by atoms with Crippen molar-refractivity contribution in [1.82, 2.24) is 29.5 Å². The monoisotopic (exact) mass is 414 g/mol. The van der Waals surface area contributed by atoms with E-state index in [0.29, 0.717) is 11.4 Å². The van der Waals surface area contributed by atoms with Crippen molar-refractivity contribution < 1.29 is 8.42 Å². The Balaban J connectivity index is 1.82. The lowest BCUT2D eigenvalue weighted by Gasteiger charge is -2.08. The van der Waals surface area contributed by atoms with Gasteiger partial charge in [0.1, 0.15) is 5.02 Å². The second-order valence-corrected chi connectivity index (χ2v) is 7.72. The van der Waals surface area contributed by atoms with E-state index >= 15 is 0 Å². The van der Waals surface area contributed by atoms with Crippen LogP contribution in [0.15, 0.2) is 46.3 Å². The average Bonchev–Trinajstić information content (AvgIpc) is 3.04. The molecule has 3 aromatic rings. The minimum Gasteiger partial charge on any atom is -0.266 e. The van der Waals surface area contributed by atoms with E-state index < -0.39 is 15.6 Å². The summed E-state index contributed by atoms with van der Waals surface area (Å²) in [4.78, 5) is 13.4. The molecule has 12 heteroatoms. The van der Waals surface area contributed by atoms with Crippen LogP contribution >= 0.6 is 23.2 Å². The molecule has 0 spiro atoms. The van der Waals surface area contributed by atoms with Gasteiger partial charge in [-0.3, -0.25) is 4.79 Å². The first-order valence-corrected chi connectivity index (χ1v) is 9.40. The Bertz CT molecular complexity index is 1110. The van der Waals surface area contributed by atoms with Crippen LogP contribution in [0.5, 0.6) is 0 Å². The smallest absolute Gasteiger partial charge is 0.266 e. The first-order chi connectivity index (χ1) is 12.3. The highest BCUT2D eigenvalue weighted by molar-refractivity contribution is 7.89. The van der Waals surface area contributed by atoms with Crippen molar-refractivity contribution in [3.05, 3.63) is 62.8 Å². The zero-order chi connectivity index (χ0) is 18.9. The number of aryl methyl sites for hydroxylation is 1. The molecule has 26 heavy (non-hydrogen) atoms. The van der Waals surface area contributed by atoms with E-state index in [4.69, 9.17) is 23.2 Å². The Hall–Kier alpha value is -2.27. The molecular weight excluding hydrogens is 403 g/mol. The first kappa shape index (κ1) is 18.5. The number of benzene rings is 1. The average molecular weight is 415 g/mol. The van der Waals surface area contributed by atoms with Crippen molar-refractivity contribution in [2.45, 2.75) is 11.4 Å². The molecule has 0 bridgehead atoms. The van der Waals surface area contributed by atoms with E-state index in [1.165, 1.54) is 41.5 Å². The van der Waals surface area contributed by atoms with Gasteiger partial charge in [-0.2, -0.15) is 24.8 Å². The molecule has 1 aromatic carbocycles. The van der Waals surface area contributed by atoms with Gasteiger partial charge in [-0.05, 0) is 24.3 Å². The van der Waals surface area contributed by atoms with Crippen molar-refractivity contribution in [1.29, 1.82) is 0 Å². The molecule has 2 aromatic heterocycles. The van der Waals surface area contributed by atoms with Crippen LogP contribution in [0.4, 0.5) is 0 Å². The number of nitrogens with one attached hydrogen (secondary N) is 1. The number of rotatable bonds is 5. The predicted octanol–water partition coefficient (Wildman–Crippen LogP) is 1.15. The standard InChI is InChI=1S/C14H12Cl2N6O3S/c1-21-17-6-9(20-21)7-19-26(24,25)11-4-2-10(3-5-11)22-14(23)13(16)12(15)8-18-22/h2-6,8,19H,7H2,1H3. The number of sulfonamides is 1. The van der Waals surface area contributed by atoms with Crippen LogP contribution in [-0.2, 0) is 23.6 Å². The number of hydrogen-bond donors (Lipinski definition) is 1. The van der Waals surface area contributed by atoms with Crippen molar-refractivity contribution >= 4 is 33.2 Å². The van der Waals surface area contributed by atoms with Gasteiger partial charge in [-0.15, -0.1) is 0 Å². The molecule has 2 heterocycles. The maximum Gasteiger partial charge on any atom is 0.291 e. The minimum atomic E-state index is -3.76. The van der Waals surface area contributed by atoms with Gasteiger partial charge >= 0.3 is 0 Å². The van der Waals surface area contributed by atoms with Crippen LogP contribution in [0.25, 0.3) is 5.69 Å². The molecule has 0 radical (unpaired) electrons. The van der Waals surface area contributed by atoms with Crippen LogP contribution in [-0.4, -0.2) is 33.2 Å². The summed E-state index contributed by atoms with van der Waals surface area (Å²) >= 11 is 11.6. The Kier molecular flexibility index (Phi) is 5.10. The summed E-state index contributed by atoms with van der Waals surface area (Å²) in [7, 11) is -2.12. The van der Waals surface area contributed by atoms with Gasteiger partial charge in [0.2, 0.25) is 10.0 Å². The van der Waals surface area contributed by atoms with E-state index in [0.717, 1.165) is 4.68 Å². The maximum absolute atomic E-state index is 12.3. The second-order valence-electron chi connectivity index (χ2n) is 5.17. The Morgan fingerprint density at radius 2 is 1.81 bits per heavy atom. The summed E-state index contributed by atoms with van der Waals surface area (Å²) in [6, 6.07) is 5.58. The number of halogens is 2. The maximum atomic E-state index is 12.3. The molecule has 0 saturated heterocycles. The summed E-state index contributed by atoms with van der Waals surface area (Å²) in [5, 5.41) is 11.6. The third-order valence-electron chi connectivity index (χ3n) is 3.36. The summed E-state index contributed by atoms with van der Waals surface area (Å²) in [5.41, 5.74) is 0.233. The summed E-state index contributed by atoms with van der Waals surface area (Å²) in [6.07, 6.45) is 2.70. The third kappa shape index (κ3) is 3.78. The van der Waals surface area contributed by atoms with E-state index in [1.54, 1.807) is 7.05 Å². The fraction of sp³-hybridized carbons (Fsp3) is 0.143. The van der Waals surface area contributed by atoms with Crippen LogP contribution in [0.2, 0.25) is 10.0 Å². The molecule has 3 rings (SSSR count). The molecule has 0 fully saturated rings. The van der Waals surface area contributed by atoms with Gasteiger partial charge in [0.25, 0.3) is 5.56 Å². The molecule has 0 aliphatic heterocycles. The van der Waals surface area contributed by atoms with Crippen LogP contribution in [0.3, 0.4) is 0 Å². The van der Waals surface area contributed by atoms with Gasteiger partial charge in [-0.25, -0.2) is 13.1 Å². The molecule has 0 unspecified atom stereocenters. The van der Waals surface area contributed by atoms with Gasteiger partial charge in [-0.1, -0.05) is 23.2 Å². The second kappa shape index (κ2) is 7.16. The molecule has 1 N–H and O–H groups in total. The van der Waals surface area contributed by atoms with Crippen molar-refractivity contribution in [3.63, 3.8) is 0 Å². The molecule has 9 nitrogen and oxygen atoms in total. The van der Waals surface area contributed by atoms with E-state index in [2.05, 4.69) is 20.0 Å². The lowest BCUT2D eigenvalue weighted by atomic mass is 10.3. The molecule has 0 atom stereocenters. The quantitative estimate of drug-likeness (QED) is 0.669. The summed E-state index contributed by atoms with van der Waals surface area (Å²) in [6.45, 7) is 0.00569. The SMILES string of the molecule is Cn1ncc(CNS(=O)(=O)c2ccc(-n3ncc(Cl)c(Cl)c3=O)cc2)n1. The van der Waals surface area contributed by atoms with Crippen molar-refractivity contribution in [2.75, 3.05) is 0 Å². The summed E-state index contributed by atoms with van der Waals surface area (Å²) in [5.74, 6) is 0. The Labute approximate surface area is 158 Å². The zero-order valence-corrected chi connectivity index (χ0v) is 15.6. The van der Waals surface area contributed by atoms with Gasteiger partial charge in [0.15, 0.2) is 0 Å². The fourth-order valence-corrected chi connectivity index (χ4v) is 3.34. The highest BCUT2D eigenvalue weighted by Gasteiger charge is 2.15. The highest BCUT2D eigenvalue weighted by atomic mass is 35.5. The van der Waals surface area contributed by atoms with Crippen LogP contribution in [0, 0.1) is 0 Å². The van der Waals surface area contributed by atoms with Gasteiger partial charge in [0.05, 0.1) is 40.2 Å². The van der Waals surface area contributed by atoms with Crippen molar-refractivity contribution in [2.24, 2.45) is 7.05 Å². The zero-order valence-electron chi connectivity index (χ0n) is 13.3. The summed E-state index contributed by atoms with van der Waals surface area (Å²) < 4.78 is 28.1. The largest absolute Gasteiger partial charge is 0.291 e. The van der Waals surface area contributed by atoms with Gasteiger partial charge < -0.3 is 0 Å². The topological polar surface area (TPSA) is 112 Å². The molecule has 0 aliphatic rings. The number of aromatic nitrogens is 5. The Morgan fingerprint density at radius 1 is 1.12 bits per heavy atom. The number of nitrogens with zero attached hydrogens (tertiary/aromatic N) is 5. The predicted molar refractivity (Wildman–Crippen MR) is 94.9 cm³/mol. The highest BCUT2D eigenvalue weighted by Crippen LogP contribution is 2.17. The molecule has 0 amide bonds. The molecule has 0 aliphatic carbocycles. The number of hydrogen-bond acceptors (Lipinski definition) is 6. The Morgan fingerprint density at radius 3 is 2.42 bits per heavy atom. The lowest BCUT2D eigenvalue weighted by Crippen LogP contribution is -2.24. The lowest BCUT2D eigenvalue weighted by molar-refractivity contribution is 0.578. The molecule has 136 valence electrons. The fourth-order valence-electron chi connectivity index (χ4n) is 2.08. The first-order valence-electron chi connectivity index (χ1n) is 7.16. The normalized spacial score (nSPS) is 11.7. The third-order valence-corrected chi connectivity index (χ3v) is 5.52. The molecular formula is C14H12Cl2N6O3S. The van der Waals surface area contributed by atoms with Crippen LogP contribution in [0.1, 0.15) is 5.69 Å². The van der Waals surface area contributed by atoms with E-state index in [-0.39, 0.29) is 21.5 Å². The molecule has 0 saturated carbocycles. The van der Waals surface area contributed by atoms with E-state index in [9.17, 15) is 13.2 Å². The van der Waals surface area contributed by atoms with Crippen LogP contribution < -0.4 is 10.3 Å². The minimum absolute atomic E-state index is 0.00569.